The van der Waals surface area contributed by atoms with Crippen molar-refractivity contribution in [3.63, 3.8) is 0 Å². The van der Waals surface area contributed by atoms with E-state index in [9.17, 15) is 10.1 Å². The summed E-state index contributed by atoms with van der Waals surface area (Å²) in [5.41, 5.74) is 3.26. The van der Waals surface area contributed by atoms with E-state index in [1.54, 1.807) is 18.2 Å². The number of fused-ring (bicyclic) bond motifs is 1. The lowest BCUT2D eigenvalue weighted by atomic mass is 10.0. The van der Waals surface area contributed by atoms with Gasteiger partial charge in [0.05, 0.1) is 23.7 Å². The molecule has 5 nitrogen and oxygen atoms in total. The molecule has 0 fully saturated rings. The number of hydrogen-bond donors (Lipinski definition) is 1. The molecule has 0 saturated heterocycles. The van der Waals surface area contributed by atoms with Crippen molar-refractivity contribution in [3.05, 3.63) is 46.1 Å². The van der Waals surface area contributed by atoms with Crippen LogP contribution >= 0.6 is 0 Å². The fourth-order valence-corrected chi connectivity index (χ4v) is 2.27. The number of aromatic amines is 1. The normalized spacial score (nSPS) is 14.4. The quantitative estimate of drug-likeness (QED) is 0.667. The average Bonchev–Trinajstić information content (AvgIpc) is 2.93. The van der Waals surface area contributed by atoms with Gasteiger partial charge in [-0.15, -0.1) is 0 Å². The van der Waals surface area contributed by atoms with E-state index >= 15 is 0 Å². The summed E-state index contributed by atoms with van der Waals surface area (Å²) in [4.78, 5) is 13.4. The smallest absolute Gasteiger partial charge is 0.271 e. The van der Waals surface area contributed by atoms with Gasteiger partial charge in [0.2, 0.25) is 0 Å². The molecule has 2 heterocycles. The first-order chi connectivity index (χ1) is 9.75. The third-order valence-corrected chi connectivity index (χ3v) is 3.19. The lowest BCUT2D eigenvalue weighted by molar-refractivity contribution is -0.384. The first kappa shape index (κ1) is 14.3. The van der Waals surface area contributed by atoms with Crippen LogP contribution in [0.1, 0.15) is 25.8 Å². The van der Waals surface area contributed by atoms with Gasteiger partial charge in [-0.2, -0.15) is 0 Å². The second-order valence-electron chi connectivity index (χ2n) is 4.24. The predicted molar refractivity (Wildman–Crippen MR) is 79.7 cm³/mol. The van der Waals surface area contributed by atoms with Crippen LogP contribution in [0.4, 0.5) is 5.69 Å². The van der Waals surface area contributed by atoms with Crippen LogP contribution in [-0.4, -0.2) is 23.1 Å². The molecule has 106 valence electrons. The third-order valence-electron chi connectivity index (χ3n) is 3.19. The minimum atomic E-state index is -0.381. The van der Waals surface area contributed by atoms with Crippen LogP contribution in [-0.2, 0) is 4.74 Å². The number of rotatable bonds is 2. The minimum Gasteiger partial charge on any atom is -0.377 e. The molecular weight excluding hydrogens is 256 g/mol. The first-order valence-electron chi connectivity index (χ1n) is 6.78. The third kappa shape index (κ3) is 2.72. The molecule has 0 amide bonds. The lowest BCUT2D eigenvalue weighted by Gasteiger charge is -2.12. The molecule has 1 N–H and O–H groups in total. The molecule has 20 heavy (non-hydrogen) atoms. The van der Waals surface area contributed by atoms with Crippen molar-refractivity contribution in [1.29, 1.82) is 0 Å². The maximum Gasteiger partial charge on any atom is 0.271 e. The minimum absolute atomic E-state index is 0.108. The van der Waals surface area contributed by atoms with Gasteiger partial charge in [0.15, 0.2) is 0 Å². The molecule has 0 unspecified atom stereocenters. The molecular formula is C15H18N2O3. The van der Waals surface area contributed by atoms with E-state index in [4.69, 9.17) is 4.74 Å². The Morgan fingerprint density at radius 3 is 2.80 bits per heavy atom. The van der Waals surface area contributed by atoms with Gasteiger partial charge in [0.1, 0.15) is 0 Å². The summed E-state index contributed by atoms with van der Waals surface area (Å²) in [7, 11) is 0. The standard InChI is InChI=1S/C13H12N2O3.C2H6/c16-15(17)10-1-2-11-12(8-14-13(11)7-10)9-3-5-18-6-4-9;1-2/h1-3,7-8,14H,4-6H2;1-2H3. The van der Waals surface area contributed by atoms with Gasteiger partial charge in [-0.25, -0.2) is 0 Å². The van der Waals surface area contributed by atoms with Gasteiger partial charge in [-0.1, -0.05) is 19.9 Å². The number of ether oxygens (including phenoxy) is 1. The van der Waals surface area contributed by atoms with Crippen molar-refractivity contribution in [2.75, 3.05) is 13.2 Å². The van der Waals surface area contributed by atoms with Gasteiger partial charge in [0, 0.05) is 29.3 Å². The van der Waals surface area contributed by atoms with E-state index in [-0.39, 0.29) is 10.6 Å². The van der Waals surface area contributed by atoms with Gasteiger partial charge < -0.3 is 9.72 Å². The van der Waals surface area contributed by atoms with Crippen molar-refractivity contribution < 1.29 is 9.66 Å². The number of non-ortho nitro benzene ring substituents is 1. The summed E-state index contributed by atoms with van der Waals surface area (Å²) in [6.07, 6.45) is 4.85. The molecule has 0 bridgehead atoms. The topological polar surface area (TPSA) is 68.2 Å². The van der Waals surface area contributed by atoms with Gasteiger partial charge in [-0.05, 0) is 18.1 Å². The molecule has 0 spiro atoms. The first-order valence-corrected chi connectivity index (χ1v) is 6.78. The Bertz CT molecular complexity index is 644. The molecule has 1 aromatic heterocycles. The van der Waals surface area contributed by atoms with Crippen LogP contribution in [0.5, 0.6) is 0 Å². The van der Waals surface area contributed by atoms with Gasteiger partial charge >= 0.3 is 0 Å². The van der Waals surface area contributed by atoms with Crippen LogP contribution < -0.4 is 0 Å². The van der Waals surface area contributed by atoms with Crippen LogP contribution in [0.2, 0.25) is 0 Å². The highest BCUT2D eigenvalue weighted by atomic mass is 16.6. The average molecular weight is 274 g/mol. The maximum absolute atomic E-state index is 10.7. The molecule has 1 aliphatic rings. The summed E-state index contributed by atoms with van der Waals surface area (Å²) in [5.74, 6) is 0. The fraction of sp³-hybridized carbons (Fsp3) is 0.333. The fourth-order valence-electron chi connectivity index (χ4n) is 2.27. The van der Waals surface area contributed by atoms with E-state index in [1.165, 1.54) is 5.57 Å². The number of nitro benzene ring substituents is 1. The van der Waals surface area contributed by atoms with Crippen LogP contribution in [0.25, 0.3) is 16.5 Å². The van der Waals surface area contributed by atoms with E-state index in [1.807, 2.05) is 20.0 Å². The Labute approximate surface area is 117 Å². The highest BCUT2D eigenvalue weighted by Crippen LogP contribution is 2.30. The molecule has 1 aliphatic heterocycles. The summed E-state index contributed by atoms with van der Waals surface area (Å²) >= 11 is 0. The predicted octanol–water partition coefficient (Wildman–Crippen LogP) is 3.91. The molecule has 0 radical (unpaired) electrons. The molecule has 2 aromatic rings. The Balaban J connectivity index is 0.000000704. The van der Waals surface area contributed by atoms with Crippen molar-refractivity contribution in [2.24, 2.45) is 0 Å². The summed E-state index contributed by atoms with van der Waals surface area (Å²) in [6.45, 7) is 5.36. The van der Waals surface area contributed by atoms with Crippen molar-refractivity contribution in [3.8, 4) is 0 Å². The highest BCUT2D eigenvalue weighted by Gasteiger charge is 2.13. The lowest BCUT2D eigenvalue weighted by Crippen LogP contribution is -2.03. The molecule has 0 saturated carbocycles. The summed E-state index contributed by atoms with van der Waals surface area (Å²) in [5, 5.41) is 11.7. The SMILES string of the molecule is CC.O=[N+]([O-])c1ccc2c(C3=CCOCC3)c[nH]c2c1. The van der Waals surface area contributed by atoms with Gasteiger partial charge in [-0.3, -0.25) is 10.1 Å². The highest BCUT2D eigenvalue weighted by molar-refractivity contribution is 5.93. The molecule has 1 aromatic carbocycles. The number of hydrogen-bond acceptors (Lipinski definition) is 3. The summed E-state index contributed by atoms with van der Waals surface area (Å²) < 4.78 is 5.28. The van der Waals surface area contributed by atoms with E-state index in [2.05, 4.69) is 11.1 Å². The van der Waals surface area contributed by atoms with Crippen LogP contribution in [0, 0.1) is 10.1 Å². The zero-order valence-corrected chi connectivity index (χ0v) is 11.7. The van der Waals surface area contributed by atoms with E-state index < -0.39 is 0 Å². The van der Waals surface area contributed by atoms with Crippen LogP contribution in [0.3, 0.4) is 0 Å². The molecule has 0 aliphatic carbocycles. The molecule has 3 rings (SSSR count). The monoisotopic (exact) mass is 274 g/mol. The number of aromatic nitrogens is 1. The number of benzene rings is 1. The Kier molecular flexibility index (Phi) is 4.53. The zero-order chi connectivity index (χ0) is 14.5. The Hall–Kier alpha value is -2.14. The van der Waals surface area contributed by atoms with Gasteiger partial charge in [0.25, 0.3) is 5.69 Å². The Morgan fingerprint density at radius 2 is 2.15 bits per heavy atom. The Morgan fingerprint density at radius 1 is 1.35 bits per heavy atom. The van der Waals surface area contributed by atoms with E-state index in [0.29, 0.717) is 6.61 Å². The van der Waals surface area contributed by atoms with Crippen LogP contribution in [0.15, 0.2) is 30.5 Å². The second-order valence-corrected chi connectivity index (χ2v) is 4.24. The number of nitrogens with one attached hydrogen (secondary N) is 1. The van der Waals surface area contributed by atoms with E-state index in [0.717, 1.165) is 29.5 Å². The molecule has 5 heteroatoms. The number of H-pyrrole nitrogens is 1. The largest absolute Gasteiger partial charge is 0.377 e. The number of nitrogens with zero attached hydrogens (tertiary/aromatic N) is 1. The summed E-state index contributed by atoms with van der Waals surface area (Å²) in [6, 6.07) is 4.91. The molecule has 0 atom stereocenters. The van der Waals surface area contributed by atoms with Crippen molar-refractivity contribution in [2.45, 2.75) is 20.3 Å². The maximum atomic E-state index is 10.7. The zero-order valence-electron chi connectivity index (χ0n) is 11.7. The van der Waals surface area contributed by atoms with Crippen molar-refractivity contribution in [1.82, 2.24) is 4.98 Å². The van der Waals surface area contributed by atoms with Crippen molar-refractivity contribution >= 4 is 22.2 Å². The number of nitro groups is 1. The second kappa shape index (κ2) is 6.34.